The van der Waals surface area contributed by atoms with E-state index >= 15 is 0 Å². The molecule has 0 saturated heterocycles. The molecule has 0 unspecified atom stereocenters. The lowest BCUT2D eigenvalue weighted by atomic mass is 9.60. The van der Waals surface area contributed by atoms with Crippen LogP contribution in [0.1, 0.15) is 38.5 Å². The Labute approximate surface area is 100 Å². The number of halogens is 1. The highest BCUT2D eigenvalue weighted by Gasteiger charge is 2.49. The summed E-state index contributed by atoms with van der Waals surface area (Å²) in [5.41, 5.74) is -0.616. The minimum Gasteiger partial charge on any atom is -0.478 e. The molecule has 3 fully saturated rings. The molecule has 0 aliphatic heterocycles. The van der Waals surface area contributed by atoms with Gasteiger partial charge in [-0.1, -0.05) is 11.8 Å². The van der Waals surface area contributed by atoms with Gasteiger partial charge in [-0.05, 0) is 57.0 Å². The average molecular weight is 248 g/mol. The van der Waals surface area contributed by atoms with E-state index in [4.69, 9.17) is 17.0 Å². The van der Waals surface area contributed by atoms with Crippen molar-refractivity contribution in [2.24, 2.45) is 5.41 Å². The zero-order valence-corrected chi connectivity index (χ0v) is 10.7. The predicted molar refractivity (Wildman–Crippen MR) is 66.0 cm³/mol. The number of hydrogen-bond donors (Lipinski definition) is 0. The molecule has 3 aliphatic carbocycles. The van der Waals surface area contributed by atoms with Gasteiger partial charge in [0.1, 0.15) is 5.67 Å². The first kappa shape index (κ1) is 11.6. The summed E-state index contributed by atoms with van der Waals surface area (Å²) in [6.45, 7) is 0.697. The third-order valence-corrected chi connectivity index (χ3v) is 5.04. The number of ether oxygens (including phenoxy) is 1. The maximum atomic E-state index is 13.9. The third-order valence-electron chi connectivity index (χ3n) is 3.97. The predicted octanol–water partition coefficient (Wildman–Crippen LogP) is 3.71. The first-order chi connectivity index (χ1) is 7.08. The van der Waals surface area contributed by atoms with Gasteiger partial charge >= 0.3 is 0 Å². The van der Waals surface area contributed by atoms with Crippen molar-refractivity contribution >= 4 is 28.4 Å². The summed E-state index contributed by atoms with van der Waals surface area (Å²) in [6, 6.07) is 0. The van der Waals surface area contributed by atoms with E-state index < -0.39 is 5.67 Å². The largest absolute Gasteiger partial charge is 0.478 e. The maximum Gasteiger partial charge on any atom is 0.219 e. The monoisotopic (exact) mass is 248 g/mol. The summed E-state index contributed by atoms with van der Waals surface area (Å²) >= 11 is 6.49. The number of thiocarbonyl (C=S) groups is 1. The van der Waals surface area contributed by atoms with Crippen LogP contribution in [0.2, 0.25) is 0 Å². The SMILES string of the molecule is CSC(=S)OCC12CCC(F)(CC1)CC2. The number of hydrogen-bond acceptors (Lipinski definition) is 3. The lowest BCUT2D eigenvalue weighted by Crippen LogP contribution is -2.45. The summed E-state index contributed by atoms with van der Waals surface area (Å²) in [6.07, 6.45) is 7.02. The average Bonchev–Trinajstić information content (AvgIpc) is 2.28. The molecular formula is C11H17FOS2. The Morgan fingerprint density at radius 1 is 1.27 bits per heavy atom. The highest BCUT2D eigenvalue weighted by molar-refractivity contribution is 8.22. The fraction of sp³-hybridized carbons (Fsp3) is 0.909. The number of rotatable bonds is 2. The van der Waals surface area contributed by atoms with Gasteiger partial charge in [0.05, 0.1) is 6.61 Å². The van der Waals surface area contributed by atoms with E-state index in [0.29, 0.717) is 11.0 Å². The van der Waals surface area contributed by atoms with Gasteiger partial charge in [0, 0.05) is 5.41 Å². The summed E-state index contributed by atoms with van der Waals surface area (Å²) in [5, 5.41) is 0. The summed E-state index contributed by atoms with van der Waals surface area (Å²) in [4.78, 5) is 0. The van der Waals surface area contributed by atoms with Gasteiger partial charge in [0.15, 0.2) is 0 Å². The van der Waals surface area contributed by atoms with Gasteiger partial charge in [-0.3, -0.25) is 0 Å². The van der Waals surface area contributed by atoms with Crippen LogP contribution in [-0.2, 0) is 4.74 Å². The van der Waals surface area contributed by atoms with Crippen LogP contribution in [0.4, 0.5) is 4.39 Å². The van der Waals surface area contributed by atoms with Crippen molar-refractivity contribution in [3.05, 3.63) is 0 Å². The summed E-state index contributed by atoms with van der Waals surface area (Å²) in [7, 11) is 0. The number of thioether (sulfide) groups is 1. The van der Waals surface area contributed by atoms with E-state index in [1.165, 1.54) is 11.8 Å². The molecular weight excluding hydrogens is 231 g/mol. The summed E-state index contributed by atoms with van der Waals surface area (Å²) in [5.74, 6) is 0. The molecule has 0 aromatic rings. The first-order valence-electron chi connectivity index (χ1n) is 5.47. The molecule has 0 N–H and O–H groups in total. The van der Waals surface area contributed by atoms with Crippen LogP contribution in [-0.4, -0.2) is 22.9 Å². The van der Waals surface area contributed by atoms with Gasteiger partial charge in [-0.25, -0.2) is 4.39 Å². The Balaban J connectivity index is 1.89. The van der Waals surface area contributed by atoms with Gasteiger partial charge in [-0.15, -0.1) is 0 Å². The van der Waals surface area contributed by atoms with Crippen molar-refractivity contribution in [2.75, 3.05) is 12.9 Å². The molecule has 1 nitrogen and oxygen atoms in total. The fourth-order valence-corrected chi connectivity index (χ4v) is 2.94. The Morgan fingerprint density at radius 2 is 1.80 bits per heavy atom. The molecule has 0 spiro atoms. The quantitative estimate of drug-likeness (QED) is 0.689. The zero-order valence-electron chi connectivity index (χ0n) is 9.05. The molecule has 0 atom stereocenters. The van der Waals surface area contributed by atoms with Gasteiger partial charge in [0.25, 0.3) is 0 Å². The Kier molecular flexibility index (Phi) is 3.27. The lowest BCUT2D eigenvalue weighted by Gasteiger charge is -2.49. The number of fused-ring (bicyclic) bond motifs is 3. The molecule has 0 aromatic carbocycles. The first-order valence-corrected chi connectivity index (χ1v) is 7.11. The maximum absolute atomic E-state index is 13.9. The van der Waals surface area contributed by atoms with Crippen LogP contribution < -0.4 is 0 Å². The molecule has 0 radical (unpaired) electrons. The molecule has 2 bridgehead atoms. The standard InChI is InChI=1S/C11H17FOS2/c1-15-9(14)13-8-10-2-5-11(12,6-3-10)7-4-10/h2-8H2,1H3. The van der Waals surface area contributed by atoms with E-state index in [-0.39, 0.29) is 5.41 Å². The van der Waals surface area contributed by atoms with Crippen LogP contribution in [0, 0.1) is 5.41 Å². The zero-order chi connectivity index (χ0) is 10.9. The molecule has 0 amide bonds. The van der Waals surface area contributed by atoms with Crippen LogP contribution in [0.25, 0.3) is 0 Å². The van der Waals surface area contributed by atoms with Gasteiger partial charge < -0.3 is 4.74 Å². The van der Waals surface area contributed by atoms with Gasteiger partial charge in [0.2, 0.25) is 4.38 Å². The third kappa shape index (κ3) is 2.47. The number of alkyl halides is 1. The molecule has 3 saturated carbocycles. The second-order valence-electron chi connectivity index (χ2n) is 4.89. The van der Waals surface area contributed by atoms with E-state index in [0.717, 1.165) is 38.5 Å². The molecule has 0 aromatic heterocycles. The van der Waals surface area contributed by atoms with Crippen molar-refractivity contribution in [2.45, 2.75) is 44.2 Å². The normalized spacial score (nSPS) is 39.1. The Hall–Kier alpha value is 0.170. The van der Waals surface area contributed by atoms with E-state index in [2.05, 4.69) is 0 Å². The van der Waals surface area contributed by atoms with Crippen molar-refractivity contribution in [3.63, 3.8) is 0 Å². The Bertz CT molecular complexity index is 243. The van der Waals surface area contributed by atoms with E-state index in [1.54, 1.807) is 0 Å². The van der Waals surface area contributed by atoms with Gasteiger partial charge in [-0.2, -0.15) is 0 Å². The minimum absolute atomic E-state index is 0.230. The van der Waals surface area contributed by atoms with Crippen LogP contribution in [0.3, 0.4) is 0 Å². The van der Waals surface area contributed by atoms with Crippen molar-refractivity contribution in [3.8, 4) is 0 Å². The molecule has 0 heterocycles. The molecule has 3 aliphatic rings. The second kappa shape index (κ2) is 4.21. The van der Waals surface area contributed by atoms with Crippen LogP contribution >= 0.6 is 24.0 Å². The summed E-state index contributed by atoms with van der Waals surface area (Å²) < 4.78 is 20.1. The highest BCUT2D eigenvalue weighted by Crippen LogP contribution is 2.54. The second-order valence-corrected chi connectivity index (χ2v) is 6.30. The minimum atomic E-state index is -0.845. The van der Waals surface area contributed by atoms with Crippen LogP contribution in [0.15, 0.2) is 0 Å². The van der Waals surface area contributed by atoms with Crippen LogP contribution in [0.5, 0.6) is 0 Å². The highest BCUT2D eigenvalue weighted by atomic mass is 32.2. The van der Waals surface area contributed by atoms with Crippen molar-refractivity contribution < 1.29 is 9.13 Å². The van der Waals surface area contributed by atoms with E-state index in [1.807, 2.05) is 6.26 Å². The molecule has 4 heteroatoms. The fourth-order valence-electron chi connectivity index (χ4n) is 2.71. The Morgan fingerprint density at radius 3 is 2.27 bits per heavy atom. The topological polar surface area (TPSA) is 9.23 Å². The molecule has 3 rings (SSSR count). The van der Waals surface area contributed by atoms with Crippen molar-refractivity contribution in [1.82, 2.24) is 0 Å². The molecule has 15 heavy (non-hydrogen) atoms. The van der Waals surface area contributed by atoms with Crippen molar-refractivity contribution in [1.29, 1.82) is 0 Å². The lowest BCUT2D eigenvalue weighted by molar-refractivity contribution is -0.0557. The smallest absolute Gasteiger partial charge is 0.219 e. The van der Waals surface area contributed by atoms with E-state index in [9.17, 15) is 4.39 Å². The molecule has 86 valence electrons.